The van der Waals surface area contributed by atoms with Crippen LogP contribution in [-0.2, 0) is 9.84 Å². The molecule has 1 aromatic carbocycles. The van der Waals surface area contributed by atoms with E-state index in [2.05, 4.69) is 4.98 Å². The van der Waals surface area contributed by atoms with E-state index < -0.39 is 14.7 Å². The number of benzene rings is 1. The predicted molar refractivity (Wildman–Crippen MR) is 94.0 cm³/mol. The highest BCUT2D eigenvalue weighted by Crippen LogP contribution is 2.36. The fourth-order valence-corrected chi connectivity index (χ4v) is 3.75. The van der Waals surface area contributed by atoms with Crippen LogP contribution in [0.2, 0.25) is 0 Å². The molecule has 0 saturated carbocycles. The van der Waals surface area contributed by atoms with Gasteiger partial charge in [0.25, 0.3) is 0 Å². The average molecular weight is 344 g/mol. The zero-order valence-corrected chi connectivity index (χ0v) is 14.5. The van der Waals surface area contributed by atoms with Crippen LogP contribution < -0.4 is 0 Å². The lowest BCUT2D eigenvalue weighted by atomic mass is 9.94. The first-order chi connectivity index (χ1) is 11.3. The van der Waals surface area contributed by atoms with E-state index in [1.807, 2.05) is 42.5 Å². The third-order valence-electron chi connectivity index (χ3n) is 4.64. The van der Waals surface area contributed by atoms with Gasteiger partial charge in [-0.2, -0.15) is 5.06 Å². The third-order valence-corrected chi connectivity index (χ3v) is 6.60. The van der Waals surface area contributed by atoms with E-state index in [9.17, 15) is 13.6 Å². The fraction of sp³-hybridized carbons (Fsp3) is 0.278. The molecule has 24 heavy (non-hydrogen) atoms. The minimum atomic E-state index is -3.44. The summed E-state index contributed by atoms with van der Waals surface area (Å²) in [5, 5.41) is 10.9. The van der Waals surface area contributed by atoms with Crippen LogP contribution in [0.5, 0.6) is 0 Å². The Labute approximate surface area is 142 Å². The maximum atomic E-state index is 12.1. The molecule has 0 fully saturated rings. The van der Waals surface area contributed by atoms with E-state index in [0.29, 0.717) is 0 Å². The third kappa shape index (κ3) is 3.00. The number of sulfone groups is 1. The van der Waals surface area contributed by atoms with Gasteiger partial charge >= 0.3 is 0 Å². The second-order valence-corrected chi connectivity index (χ2v) is 8.67. The zero-order valence-electron chi connectivity index (χ0n) is 13.7. The molecule has 126 valence electrons. The van der Waals surface area contributed by atoms with E-state index in [0.717, 1.165) is 33.6 Å². The van der Waals surface area contributed by atoms with Gasteiger partial charge in [0.15, 0.2) is 9.84 Å². The summed E-state index contributed by atoms with van der Waals surface area (Å²) < 4.78 is 24.2. The Balaban J connectivity index is 1.90. The van der Waals surface area contributed by atoms with E-state index in [1.165, 1.54) is 0 Å². The monoisotopic (exact) mass is 344 g/mol. The first kappa shape index (κ1) is 16.8. The van der Waals surface area contributed by atoms with Gasteiger partial charge in [-0.3, -0.25) is 4.98 Å². The van der Waals surface area contributed by atoms with Crippen LogP contribution in [0, 0.1) is 0 Å². The number of rotatable bonds is 3. The molecule has 1 atom stereocenters. The van der Waals surface area contributed by atoms with Crippen LogP contribution in [-0.4, -0.2) is 41.3 Å². The molecule has 0 spiro atoms. The largest absolute Gasteiger partial charge is 0.312 e. The highest BCUT2D eigenvalue weighted by Gasteiger charge is 2.44. The predicted octanol–water partition coefficient (Wildman–Crippen LogP) is 2.99. The molecule has 0 amide bonds. The van der Waals surface area contributed by atoms with Gasteiger partial charge in [-0.15, -0.1) is 0 Å². The maximum absolute atomic E-state index is 12.1. The number of nitrogens with zero attached hydrogens (tertiary/aromatic N) is 2. The molecule has 1 aromatic heterocycles. The van der Waals surface area contributed by atoms with Crippen molar-refractivity contribution in [3.63, 3.8) is 0 Å². The summed E-state index contributed by atoms with van der Waals surface area (Å²) in [5.41, 5.74) is 4.05. The topological polar surface area (TPSA) is 70.5 Å². The van der Waals surface area contributed by atoms with E-state index in [1.54, 1.807) is 19.3 Å². The van der Waals surface area contributed by atoms with Gasteiger partial charge in [0.2, 0.25) is 0 Å². The molecule has 0 aliphatic carbocycles. The summed E-state index contributed by atoms with van der Waals surface area (Å²) in [5.74, 6) is 0. The SMILES string of the molecule is CC1(S(C)(=O)=O)CC(c2ccc(-c3ccncc3)cc2)=CCN1O. The zero-order chi connectivity index (χ0) is 17.4. The molecular weight excluding hydrogens is 324 g/mol. The number of hydrogen-bond acceptors (Lipinski definition) is 5. The molecule has 5 nitrogen and oxygen atoms in total. The Hall–Kier alpha value is -2.02. The lowest BCUT2D eigenvalue weighted by Gasteiger charge is -2.38. The van der Waals surface area contributed by atoms with Gasteiger partial charge < -0.3 is 5.21 Å². The Morgan fingerprint density at radius 3 is 2.17 bits per heavy atom. The summed E-state index contributed by atoms with van der Waals surface area (Å²) >= 11 is 0. The van der Waals surface area contributed by atoms with Crippen LogP contribution in [0.15, 0.2) is 54.9 Å². The van der Waals surface area contributed by atoms with Gasteiger partial charge in [-0.1, -0.05) is 30.3 Å². The van der Waals surface area contributed by atoms with E-state index in [4.69, 9.17) is 0 Å². The summed E-state index contributed by atoms with van der Waals surface area (Å²) in [4.78, 5) is 2.71. The van der Waals surface area contributed by atoms with Gasteiger partial charge in [-0.05, 0) is 41.3 Å². The van der Waals surface area contributed by atoms with Gasteiger partial charge in [0.05, 0.1) is 0 Å². The summed E-state index contributed by atoms with van der Waals surface area (Å²) in [7, 11) is -3.44. The van der Waals surface area contributed by atoms with Crippen LogP contribution in [0.3, 0.4) is 0 Å². The summed E-state index contributed by atoms with van der Waals surface area (Å²) in [6.45, 7) is 1.74. The maximum Gasteiger partial charge on any atom is 0.168 e. The van der Waals surface area contributed by atoms with E-state index >= 15 is 0 Å². The molecular formula is C18H20N2O3S. The second-order valence-electron chi connectivity index (χ2n) is 6.25. The molecule has 1 aliphatic rings. The lowest BCUT2D eigenvalue weighted by Crippen LogP contribution is -2.52. The molecule has 2 aromatic rings. The summed E-state index contributed by atoms with van der Waals surface area (Å²) in [6, 6.07) is 11.9. The van der Waals surface area contributed by atoms with Crippen LogP contribution in [0.25, 0.3) is 16.7 Å². The van der Waals surface area contributed by atoms with Crippen molar-refractivity contribution < 1.29 is 13.6 Å². The minimum absolute atomic E-state index is 0.186. The second kappa shape index (κ2) is 6.12. The molecule has 6 heteroatoms. The van der Waals surface area contributed by atoms with Crippen molar-refractivity contribution in [1.29, 1.82) is 0 Å². The summed E-state index contributed by atoms with van der Waals surface area (Å²) in [6.07, 6.45) is 6.78. The van der Waals surface area contributed by atoms with Crippen LogP contribution in [0.1, 0.15) is 18.9 Å². The molecule has 1 N–H and O–H groups in total. The fourth-order valence-electron chi connectivity index (χ4n) is 2.87. The number of hydroxylamine groups is 2. The van der Waals surface area contributed by atoms with Crippen molar-refractivity contribution in [1.82, 2.24) is 10.0 Å². The van der Waals surface area contributed by atoms with Gasteiger partial charge in [0.1, 0.15) is 4.87 Å². The Bertz CT molecular complexity index is 861. The Morgan fingerprint density at radius 2 is 1.58 bits per heavy atom. The van der Waals surface area contributed by atoms with Crippen molar-refractivity contribution in [2.24, 2.45) is 0 Å². The quantitative estimate of drug-likeness (QED) is 0.927. The molecule has 1 aliphatic heterocycles. The average Bonchev–Trinajstić information content (AvgIpc) is 2.57. The van der Waals surface area contributed by atoms with Crippen molar-refractivity contribution >= 4 is 15.4 Å². The normalized spacial score (nSPS) is 22.2. The minimum Gasteiger partial charge on any atom is -0.312 e. The molecule has 3 rings (SSSR count). The highest BCUT2D eigenvalue weighted by atomic mass is 32.2. The Morgan fingerprint density at radius 1 is 1.04 bits per heavy atom. The highest BCUT2D eigenvalue weighted by molar-refractivity contribution is 7.92. The number of hydrogen-bond donors (Lipinski definition) is 1. The number of aromatic nitrogens is 1. The van der Waals surface area contributed by atoms with Crippen LogP contribution >= 0.6 is 0 Å². The van der Waals surface area contributed by atoms with Crippen molar-refractivity contribution in [2.75, 3.05) is 12.8 Å². The van der Waals surface area contributed by atoms with Gasteiger partial charge in [0, 0.05) is 31.6 Å². The number of pyridine rings is 1. The molecule has 0 bridgehead atoms. The van der Waals surface area contributed by atoms with Crippen LogP contribution in [0.4, 0.5) is 0 Å². The first-order valence-electron chi connectivity index (χ1n) is 7.67. The molecule has 0 radical (unpaired) electrons. The standard InChI is InChI=1S/C18H20N2O3S/c1-18(24(2,22)23)13-17(9-12-20(18)21)15-5-3-14(4-6-15)16-7-10-19-11-8-16/h3-11,21H,12-13H2,1-2H3. The van der Waals surface area contributed by atoms with Crippen molar-refractivity contribution in [3.05, 3.63) is 60.4 Å². The van der Waals surface area contributed by atoms with Gasteiger partial charge in [-0.25, -0.2) is 8.42 Å². The first-order valence-corrected chi connectivity index (χ1v) is 9.56. The molecule has 0 saturated heterocycles. The molecule has 1 unspecified atom stereocenters. The van der Waals surface area contributed by atoms with Crippen molar-refractivity contribution in [2.45, 2.75) is 18.2 Å². The lowest BCUT2D eigenvalue weighted by molar-refractivity contribution is -0.129. The van der Waals surface area contributed by atoms with Crippen molar-refractivity contribution in [3.8, 4) is 11.1 Å². The molecule has 2 heterocycles. The van der Waals surface area contributed by atoms with E-state index in [-0.39, 0.29) is 13.0 Å². The smallest absolute Gasteiger partial charge is 0.168 e. The Kier molecular flexibility index (Phi) is 4.29.